The predicted octanol–water partition coefficient (Wildman–Crippen LogP) is 6.04. The molecule has 4 rings (SSSR count). The van der Waals surface area contributed by atoms with Gasteiger partial charge in [-0.15, -0.1) is 0 Å². The van der Waals surface area contributed by atoms with E-state index in [9.17, 15) is 38.3 Å². The minimum absolute atomic E-state index is 0.0187. The highest BCUT2D eigenvalue weighted by Gasteiger charge is 2.37. The molecule has 0 aliphatic carbocycles. The highest BCUT2D eigenvalue weighted by molar-refractivity contribution is 6.76. The van der Waals surface area contributed by atoms with E-state index in [0.717, 1.165) is 46.9 Å². The van der Waals surface area contributed by atoms with Crippen molar-refractivity contribution >= 4 is 43.7 Å². The second-order valence-electron chi connectivity index (χ2n) is 17.0. The predicted molar refractivity (Wildman–Crippen MR) is 223 cm³/mol. The quantitative estimate of drug-likeness (QED) is 0.0711. The zero-order valence-corrected chi connectivity index (χ0v) is 35.7. The molecule has 1 unspecified atom stereocenters. The Labute approximate surface area is 345 Å². The van der Waals surface area contributed by atoms with Crippen molar-refractivity contribution in [2.24, 2.45) is 5.41 Å². The normalized spacial score (nSPS) is 13.4. The standard InChI is InChI=1S/C43H56F2N6O7Si/c1-43(2,3)41(35-25-31(33-26-32(44)13-14-34(33)45)28-49(35)27-30-11-8-7-9-12-30)50(22-10-21-48(42(57)58)23-24-59(4,5)6)38(54)16-15-36(52)46-19-20-47-37(53)29-51-39(55)17-18-40(51)56/h7-9,11-14,17-18,25-26,28,41H,10,15-16,19-24,27,29H2,1-6H3,(H,46,52)(H,47,53)(H,57,58). The summed E-state index contributed by atoms with van der Waals surface area (Å²) < 4.78 is 31.7. The number of rotatable bonds is 20. The van der Waals surface area contributed by atoms with Crippen LogP contribution in [0.1, 0.15) is 57.3 Å². The van der Waals surface area contributed by atoms with Crippen LogP contribution in [0, 0.1) is 17.0 Å². The molecule has 1 aromatic heterocycles. The van der Waals surface area contributed by atoms with Gasteiger partial charge in [0.25, 0.3) is 11.8 Å². The number of benzene rings is 2. The van der Waals surface area contributed by atoms with E-state index in [-0.39, 0.29) is 50.5 Å². The number of imide groups is 1. The number of halogens is 2. The van der Waals surface area contributed by atoms with Gasteiger partial charge >= 0.3 is 6.09 Å². The third-order valence-corrected chi connectivity index (χ3v) is 11.6. The van der Waals surface area contributed by atoms with Gasteiger partial charge < -0.3 is 30.1 Å². The summed E-state index contributed by atoms with van der Waals surface area (Å²) in [6, 6.07) is 14.7. The second-order valence-corrected chi connectivity index (χ2v) is 22.6. The van der Waals surface area contributed by atoms with Gasteiger partial charge in [-0.25, -0.2) is 13.6 Å². The summed E-state index contributed by atoms with van der Waals surface area (Å²) in [5.41, 5.74) is 1.41. The lowest BCUT2D eigenvalue weighted by molar-refractivity contribution is -0.141. The molecule has 0 radical (unpaired) electrons. The number of carboxylic acid groups (broad SMARTS) is 1. The molecule has 0 bridgehead atoms. The largest absolute Gasteiger partial charge is 0.465 e. The molecule has 0 saturated heterocycles. The molecule has 0 spiro atoms. The van der Waals surface area contributed by atoms with Crippen LogP contribution in [0.4, 0.5) is 13.6 Å². The van der Waals surface area contributed by atoms with Crippen LogP contribution in [0.2, 0.25) is 25.7 Å². The number of carbonyl (C=O) groups excluding carboxylic acids is 5. The van der Waals surface area contributed by atoms with Gasteiger partial charge in [0.15, 0.2) is 0 Å². The summed E-state index contributed by atoms with van der Waals surface area (Å²) in [5, 5.41) is 15.3. The number of amides is 6. The van der Waals surface area contributed by atoms with Gasteiger partial charge in [-0.1, -0.05) is 70.7 Å². The third-order valence-electron chi connectivity index (χ3n) is 9.86. The molecule has 1 aliphatic rings. The molecule has 0 fully saturated rings. The summed E-state index contributed by atoms with van der Waals surface area (Å²) in [6.07, 6.45) is 2.78. The van der Waals surface area contributed by atoms with E-state index in [4.69, 9.17) is 0 Å². The monoisotopic (exact) mass is 834 g/mol. The summed E-state index contributed by atoms with van der Waals surface area (Å²) in [7, 11) is -1.57. The smallest absolute Gasteiger partial charge is 0.407 e. The molecule has 2 heterocycles. The van der Waals surface area contributed by atoms with Crippen LogP contribution in [-0.2, 0) is 30.5 Å². The molecule has 1 aliphatic heterocycles. The van der Waals surface area contributed by atoms with Crippen molar-refractivity contribution in [2.45, 2.75) is 78.3 Å². The van der Waals surface area contributed by atoms with E-state index in [0.29, 0.717) is 30.8 Å². The van der Waals surface area contributed by atoms with E-state index in [2.05, 4.69) is 30.3 Å². The minimum Gasteiger partial charge on any atom is -0.465 e. The summed E-state index contributed by atoms with van der Waals surface area (Å²) >= 11 is 0. The van der Waals surface area contributed by atoms with Crippen LogP contribution in [0.3, 0.4) is 0 Å². The maximum Gasteiger partial charge on any atom is 0.407 e. The van der Waals surface area contributed by atoms with Crippen molar-refractivity contribution in [1.29, 1.82) is 0 Å². The van der Waals surface area contributed by atoms with Crippen molar-refractivity contribution < 1.29 is 42.7 Å². The Balaban J connectivity index is 1.59. The van der Waals surface area contributed by atoms with Gasteiger partial charge in [-0.05, 0) is 47.7 Å². The molecule has 318 valence electrons. The second kappa shape index (κ2) is 20.4. The first-order valence-electron chi connectivity index (χ1n) is 19.8. The molecular formula is C43H56F2N6O7Si. The first kappa shape index (κ1) is 46.1. The minimum atomic E-state index is -1.57. The molecule has 2 aromatic carbocycles. The van der Waals surface area contributed by atoms with Crippen molar-refractivity contribution in [3.05, 3.63) is 95.8 Å². The van der Waals surface area contributed by atoms with Gasteiger partial charge in [-0.2, -0.15) is 0 Å². The molecule has 59 heavy (non-hydrogen) atoms. The average Bonchev–Trinajstić information content (AvgIpc) is 3.70. The van der Waals surface area contributed by atoms with Crippen LogP contribution in [-0.4, -0.2) is 107 Å². The fourth-order valence-electron chi connectivity index (χ4n) is 6.86. The van der Waals surface area contributed by atoms with Crippen LogP contribution >= 0.6 is 0 Å². The molecule has 1 atom stereocenters. The molecule has 16 heteroatoms. The van der Waals surface area contributed by atoms with E-state index < -0.39 is 67.4 Å². The lowest BCUT2D eigenvalue weighted by Crippen LogP contribution is -2.44. The molecule has 3 aromatic rings. The number of carbonyl (C=O) groups is 6. The molecule has 6 amide bonds. The Morgan fingerprint density at radius 1 is 0.847 bits per heavy atom. The van der Waals surface area contributed by atoms with Crippen LogP contribution in [0.25, 0.3) is 11.1 Å². The first-order valence-corrected chi connectivity index (χ1v) is 23.5. The Kier molecular flexibility index (Phi) is 15.9. The Hall–Kier alpha value is -5.64. The van der Waals surface area contributed by atoms with E-state index >= 15 is 4.39 Å². The third kappa shape index (κ3) is 13.7. The zero-order chi connectivity index (χ0) is 43.5. The molecule has 3 N–H and O–H groups in total. The lowest BCUT2D eigenvalue weighted by atomic mass is 9.82. The number of nitrogens with one attached hydrogen (secondary N) is 2. The fraction of sp³-hybridized carbons (Fsp3) is 0.442. The Morgan fingerprint density at radius 2 is 1.49 bits per heavy atom. The average molecular weight is 835 g/mol. The summed E-state index contributed by atoms with van der Waals surface area (Å²) in [6.45, 7) is 13.0. The Morgan fingerprint density at radius 3 is 2.10 bits per heavy atom. The van der Waals surface area contributed by atoms with Crippen LogP contribution in [0.15, 0.2) is 72.9 Å². The van der Waals surface area contributed by atoms with Crippen molar-refractivity contribution in [3.8, 4) is 11.1 Å². The molecular weight excluding hydrogens is 779 g/mol. The first-order chi connectivity index (χ1) is 27.7. The van der Waals surface area contributed by atoms with Crippen molar-refractivity contribution in [1.82, 2.24) is 29.9 Å². The van der Waals surface area contributed by atoms with E-state index in [1.54, 1.807) is 17.2 Å². The highest BCUT2D eigenvalue weighted by atomic mass is 28.3. The van der Waals surface area contributed by atoms with E-state index in [1.807, 2.05) is 55.7 Å². The van der Waals surface area contributed by atoms with E-state index in [1.165, 1.54) is 4.90 Å². The molecule has 0 saturated carbocycles. The highest BCUT2D eigenvalue weighted by Crippen LogP contribution is 2.41. The van der Waals surface area contributed by atoms with Crippen LogP contribution in [0.5, 0.6) is 0 Å². The fourth-order valence-corrected chi connectivity index (χ4v) is 7.80. The molecule has 13 nitrogen and oxygen atoms in total. The lowest BCUT2D eigenvalue weighted by Gasteiger charge is -2.41. The van der Waals surface area contributed by atoms with Gasteiger partial charge in [-0.3, -0.25) is 28.9 Å². The number of nitrogens with zero attached hydrogens (tertiary/aromatic N) is 4. The van der Waals surface area contributed by atoms with Gasteiger partial charge in [0.1, 0.15) is 18.2 Å². The summed E-state index contributed by atoms with van der Waals surface area (Å²) in [4.78, 5) is 79.3. The van der Waals surface area contributed by atoms with Crippen LogP contribution < -0.4 is 10.6 Å². The number of hydrogen-bond acceptors (Lipinski definition) is 6. The van der Waals surface area contributed by atoms with Gasteiger partial charge in [0.05, 0.1) is 6.04 Å². The van der Waals surface area contributed by atoms with Crippen molar-refractivity contribution in [2.75, 3.05) is 39.3 Å². The Bertz CT molecular complexity index is 2010. The maximum absolute atomic E-state index is 15.2. The maximum atomic E-state index is 15.2. The summed E-state index contributed by atoms with van der Waals surface area (Å²) in [5.74, 6) is -3.78. The van der Waals surface area contributed by atoms with Gasteiger partial charge in [0.2, 0.25) is 17.7 Å². The SMILES string of the molecule is CC(C)(C)C(c1cc(-c2cc(F)ccc2F)cn1Cc1ccccc1)N(CCCN(CC[Si](C)(C)C)C(=O)O)C(=O)CCC(=O)NCCNC(=O)CN1C(=O)C=CC1=O. The zero-order valence-electron chi connectivity index (χ0n) is 34.7. The van der Waals surface area contributed by atoms with Crippen molar-refractivity contribution in [3.63, 3.8) is 0 Å². The number of hydrogen-bond donors (Lipinski definition) is 3. The topological polar surface area (TPSA) is 161 Å². The van der Waals surface area contributed by atoms with Gasteiger partial charge in [0, 0.05) is 95.4 Å². The number of aromatic nitrogens is 1.